The molecular formula is C20H22F2N4O3S. The van der Waals surface area contributed by atoms with Crippen LogP contribution in [0.4, 0.5) is 19.3 Å². The third-order valence-corrected chi connectivity index (χ3v) is 8.95. The maximum Gasteiger partial charge on any atom is 0.321 e. The maximum atomic E-state index is 16.2. The van der Waals surface area contributed by atoms with Gasteiger partial charge in [0.15, 0.2) is 9.84 Å². The lowest BCUT2D eigenvalue weighted by atomic mass is 9.69. The highest BCUT2D eigenvalue weighted by molar-refractivity contribution is 7.93. The molecule has 2 heterocycles. The minimum Gasteiger partial charge on any atom is -0.324 e. The Balaban J connectivity index is 1.52. The van der Waals surface area contributed by atoms with Gasteiger partial charge in [0.1, 0.15) is 16.2 Å². The molecule has 0 bridgehead atoms. The molecule has 0 spiro atoms. The van der Waals surface area contributed by atoms with Gasteiger partial charge in [0, 0.05) is 25.9 Å². The van der Waals surface area contributed by atoms with E-state index < -0.39 is 32.1 Å². The lowest BCUT2D eigenvalue weighted by Gasteiger charge is -2.53. The van der Waals surface area contributed by atoms with Crippen LogP contribution >= 0.6 is 0 Å². The zero-order chi connectivity index (χ0) is 21.4. The average Bonchev–Trinajstić information content (AvgIpc) is 2.68. The molecule has 0 unspecified atom stereocenters. The molecule has 0 radical (unpaired) electrons. The fraction of sp³-hybridized carbons (Fsp3) is 0.450. The summed E-state index contributed by atoms with van der Waals surface area (Å²) in [5, 5.41) is 9.99. The number of carbonyl (C=O) groups excluding carboxylic acids is 1. The molecular weight excluding hydrogens is 414 g/mol. The van der Waals surface area contributed by atoms with E-state index in [1.54, 1.807) is 6.07 Å². The van der Waals surface area contributed by atoms with E-state index in [1.165, 1.54) is 29.4 Å². The first-order valence-corrected chi connectivity index (χ1v) is 11.3. The van der Waals surface area contributed by atoms with E-state index in [0.717, 1.165) is 12.1 Å². The van der Waals surface area contributed by atoms with Crippen molar-refractivity contribution < 1.29 is 22.0 Å². The number of hydrogen-bond donors (Lipinski definition) is 1. The largest absolute Gasteiger partial charge is 0.324 e. The first-order chi connectivity index (χ1) is 14.3. The lowest BCUT2D eigenvalue weighted by molar-refractivity contribution is 0.00220. The molecule has 1 aliphatic heterocycles. The van der Waals surface area contributed by atoms with E-state index in [1.807, 2.05) is 0 Å². The first-order valence-electron chi connectivity index (χ1n) is 9.79. The van der Waals surface area contributed by atoms with Gasteiger partial charge in [-0.1, -0.05) is 12.5 Å². The molecule has 2 fully saturated rings. The van der Waals surface area contributed by atoms with Crippen molar-refractivity contribution in [1.82, 2.24) is 15.1 Å². The molecule has 10 heteroatoms. The number of alkyl halides is 1. The van der Waals surface area contributed by atoms with Crippen molar-refractivity contribution in [3.8, 4) is 0 Å². The zero-order valence-corrected chi connectivity index (χ0v) is 17.0. The number of benzene rings is 1. The van der Waals surface area contributed by atoms with Gasteiger partial charge < -0.3 is 10.2 Å². The Morgan fingerprint density at radius 2 is 1.83 bits per heavy atom. The van der Waals surface area contributed by atoms with Crippen LogP contribution in [0.3, 0.4) is 0 Å². The van der Waals surface area contributed by atoms with Crippen molar-refractivity contribution in [3.63, 3.8) is 0 Å². The van der Waals surface area contributed by atoms with Gasteiger partial charge in [-0.3, -0.25) is 0 Å². The van der Waals surface area contributed by atoms with Crippen LogP contribution in [0.15, 0.2) is 47.6 Å². The fourth-order valence-electron chi connectivity index (χ4n) is 4.40. The van der Waals surface area contributed by atoms with Crippen molar-refractivity contribution in [1.29, 1.82) is 0 Å². The normalized spacial score (nSPS) is 20.3. The van der Waals surface area contributed by atoms with Gasteiger partial charge in [-0.2, -0.15) is 10.2 Å². The molecule has 1 N–H and O–H groups in total. The van der Waals surface area contributed by atoms with E-state index >= 15 is 4.39 Å². The fourth-order valence-corrected chi connectivity index (χ4v) is 6.89. The summed E-state index contributed by atoms with van der Waals surface area (Å²) in [6.45, 7) is 0.169. The van der Waals surface area contributed by atoms with Crippen LogP contribution in [-0.4, -0.2) is 53.1 Å². The standard InChI is InChI=1S/C20H22F2N4O3S/c21-15-3-1-4-17(13-15)30(28,29)20(6-2-7-20)19(22)8-11-26(12-9-19)18(27)25-16-5-10-23-24-14-16/h1,3-5,10,13-14H,2,6-9,11-12H2,(H,23,25,27). The Morgan fingerprint density at radius 3 is 2.40 bits per heavy atom. The Bertz CT molecular complexity index is 1040. The number of sulfone groups is 1. The minimum atomic E-state index is -4.08. The van der Waals surface area contributed by atoms with Gasteiger partial charge in [0.2, 0.25) is 0 Å². The summed E-state index contributed by atoms with van der Waals surface area (Å²) < 4.78 is 54.9. The van der Waals surface area contributed by atoms with E-state index in [4.69, 9.17) is 0 Å². The van der Waals surface area contributed by atoms with Crippen LogP contribution in [-0.2, 0) is 9.84 Å². The number of aromatic nitrogens is 2. The predicted octanol–water partition coefficient (Wildman–Crippen LogP) is 3.35. The molecule has 2 amide bonds. The molecule has 160 valence electrons. The number of anilines is 1. The van der Waals surface area contributed by atoms with Gasteiger partial charge in [0.05, 0.1) is 23.0 Å². The molecule has 2 aliphatic rings. The number of nitrogens with zero attached hydrogens (tertiary/aromatic N) is 3. The summed E-state index contributed by atoms with van der Waals surface area (Å²) in [4.78, 5) is 13.7. The van der Waals surface area contributed by atoms with Crippen LogP contribution in [0.1, 0.15) is 32.1 Å². The van der Waals surface area contributed by atoms with E-state index in [9.17, 15) is 17.6 Å². The van der Waals surface area contributed by atoms with Crippen LogP contribution in [0, 0.1) is 5.82 Å². The lowest BCUT2D eigenvalue weighted by Crippen LogP contribution is -2.64. The molecule has 1 saturated heterocycles. The van der Waals surface area contributed by atoms with Crippen LogP contribution < -0.4 is 5.32 Å². The Labute approximate surface area is 173 Å². The number of halogens is 2. The molecule has 1 aromatic heterocycles. The molecule has 2 aromatic rings. The summed E-state index contributed by atoms with van der Waals surface area (Å²) >= 11 is 0. The summed E-state index contributed by atoms with van der Waals surface area (Å²) in [5.41, 5.74) is -1.51. The highest BCUT2D eigenvalue weighted by Gasteiger charge is 2.64. The Hall–Kier alpha value is -2.62. The van der Waals surface area contributed by atoms with Crippen molar-refractivity contribution in [2.45, 2.75) is 47.4 Å². The van der Waals surface area contributed by atoms with E-state index in [2.05, 4.69) is 15.5 Å². The zero-order valence-electron chi connectivity index (χ0n) is 16.2. The number of likely N-dealkylation sites (tertiary alicyclic amines) is 1. The molecule has 1 aromatic carbocycles. The number of hydrogen-bond acceptors (Lipinski definition) is 5. The summed E-state index contributed by atoms with van der Waals surface area (Å²) in [6, 6.07) is 5.93. The number of nitrogens with one attached hydrogen (secondary N) is 1. The Morgan fingerprint density at radius 1 is 1.10 bits per heavy atom. The SMILES string of the molecule is O=C(Nc1ccnnc1)N1CCC(F)(C2(S(=O)(=O)c3cccc(F)c3)CCC2)CC1. The summed E-state index contributed by atoms with van der Waals surface area (Å²) in [5.74, 6) is -0.671. The van der Waals surface area contributed by atoms with Gasteiger partial charge in [-0.25, -0.2) is 22.0 Å². The van der Waals surface area contributed by atoms with Gasteiger partial charge in [0.25, 0.3) is 0 Å². The second-order valence-electron chi connectivity index (χ2n) is 7.82. The third kappa shape index (κ3) is 3.32. The van der Waals surface area contributed by atoms with Crippen LogP contribution in [0.25, 0.3) is 0 Å². The van der Waals surface area contributed by atoms with Gasteiger partial charge in [-0.05, 0) is 37.1 Å². The molecule has 4 rings (SSSR count). The van der Waals surface area contributed by atoms with Crippen LogP contribution in [0.5, 0.6) is 0 Å². The maximum absolute atomic E-state index is 16.2. The van der Waals surface area contributed by atoms with Gasteiger partial charge in [-0.15, -0.1) is 0 Å². The second kappa shape index (κ2) is 7.57. The Kier molecular flexibility index (Phi) is 5.21. The smallest absolute Gasteiger partial charge is 0.321 e. The monoisotopic (exact) mass is 436 g/mol. The predicted molar refractivity (Wildman–Crippen MR) is 106 cm³/mol. The first kappa shape index (κ1) is 20.6. The van der Waals surface area contributed by atoms with Crippen molar-refractivity contribution >= 4 is 21.6 Å². The van der Waals surface area contributed by atoms with Crippen LogP contribution in [0.2, 0.25) is 0 Å². The highest BCUT2D eigenvalue weighted by Crippen LogP contribution is 2.55. The highest BCUT2D eigenvalue weighted by atomic mass is 32.2. The third-order valence-electron chi connectivity index (χ3n) is 6.28. The topological polar surface area (TPSA) is 92.3 Å². The minimum absolute atomic E-state index is 0.0846. The summed E-state index contributed by atoms with van der Waals surface area (Å²) in [7, 11) is -4.08. The number of amides is 2. The number of carbonyl (C=O) groups is 1. The second-order valence-corrected chi connectivity index (χ2v) is 10.1. The molecule has 30 heavy (non-hydrogen) atoms. The molecule has 7 nitrogen and oxygen atoms in total. The molecule has 1 saturated carbocycles. The molecule has 1 aliphatic carbocycles. The average molecular weight is 436 g/mol. The molecule has 0 atom stereocenters. The summed E-state index contributed by atoms with van der Waals surface area (Å²) in [6.07, 6.45) is 3.63. The van der Waals surface area contributed by atoms with Crippen molar-refractivity contribution in [2.24, 2.45) is 0 Å². The van der Waals surface area contributed by atoms with E-state index in [0.29, 0.717) is 12.1 Å². The van der Waals surface area contributed by atoms with Gasteiger partial charge >= 0.3 is 6.03 Å². The quantitative estimate of drug-likeness (QED) is 0.794. The van der Waals surface area contributed by atoms with Crippen molar-refractivity contribution in [3.05, 3.63) is 48.5 Å². The number of urea groups is 1. The van der Waals surface area contributed by atoms with Crippen molar-refractivity contribution in [2.75, 3.05) is 18.4 Å². The number of rotatable bonds is 4. The number of piperidine rings is 1. The van der Waals surface area contributed by atoms with E-state index in [-0.39, 0.29) is 43.7 Å².